The van der Waals surface area contributed by atoms with Crippen LogP contribution in [0.15, 0.2) is 18.2 Å². The molecule has 1 aromatic carbocycles. The summed E-state index contributed by atoms with van der Waals surface area (Å²) in [4.78, 5) is 12.0. The molecule has 3 nitrogen and oxygen atoms in total. The van der Waals surface area contributed by atoms with E-state index < -0.39 is 0 Å². The lowest BCUT2D eigenvalue weighted by Crippen LogP contribution is -2.33. The van der Waals surface area contributed by atoms with E-state index in [2.05, 4.69) is 11.4 Å². The number of aryl methyl sites for hydroxylation is 2. The van der Waals surface area contributed by atoms with Crippen LogP contribution < -0.4 is 11.1 Å². The molecule has 0 heterocycles. The van der Waals surface area contributed by atoms with Gasteiger partial charge in [-0.25, -0.2) is 0 Å². The Morgan fingerprint density at radius 2 is 1.88 bits per heavy atom. The van der Waals surface area contributed by atoms with E-state index in [0.29, 0.717) is 13.1 Å². The zero-order valence-corrected chi connectivity index (χ0v) is 10.5. The molecule has 1 saturated carbocycles. The smallest absolute Gasteiger partial charge is 0.251 e. The van der Waals surface area contributed by atoms with Crippen molar-refractivity contribution in [1.29, 1.82) is 0 Å². The highest BCUT2D eigenvalue weighted by Crippen LogP contribution is 2.43. The van der Waals surface area contributed by atoms with Gasteiger partial charge in [0.15, 0.2) is 0 Å². The topological polar surface area (TPSA) is 55.1 Å². The molecule has 1 aliphatic rings. The van der Waals surface area contributed by atoms with Gasteiger partial charge in [0.2, 0.25) is 0 Å². The number of hydrogen-bond acceptors (Lipinski definition) is 2. The lowest BCUT2D eigenvalue weighted by Gasteiger charge is -2.13. The Morgan fingerprint density at radius 3 is 2.35 bits per heavy atom. The van der Waals surface area contributed by atoms with Gasteiger partial charge in [-0.15, -0.1) is 0 Å². The second-order valence-electron chi connectivity index (χ2n) is 5.26. The van der Waals surface area contributed by atoms with Crippen LogP contribution in [0.25, 0.3) is 0 Å². The van der Waals surface area contributed by atoms with Crippen LogP contribution in [-0.4, -0.2) is 19.0 Å². The summed E-state index contributed by atoms with van der Waals surface area (Å²) < 4.78 is 0. The molecule has 0 unspecified atom stereocenters. The third-order valence-corrected chi connectivity index (χ3v) is 3.50. The minimum atomic E-state index is 0.0107. The zero-order valence-electron chi connectivity index (χ0n) is 10.5. The Kier molecular flexibility index (Phi) is 3.20. The summed E-state index contributed by atoms with van der Waals surface area (Å²) in [6, 6.07) is 5.91. The second-order valence-corrected chi connectivity index (χ2v) is 5.26. The highest BCUT2D eigenvalue weighted by molar-refractivity contribution is 5.94. The molecule has 0 aliphatic heterocycles. The van der Waals surface area contributed by atoms with Gasteiger partial charge in [-0.2, -0.15) is 0 Å². The van der Waals surface area contributed by atoms with E-state index in [1.165, 1.54) is 0 Å². The molecule has 92 valence electrons. The normalized spacial score (nSPS) is 16.6. The van der Waals surface area contributed by atoms with Gasteiger partial charge >= 0.3 is 0 Å². The van der Waals surface area contributed by atoms with Gasteiger partial charge in [-0.3, -0.25) is 4.79 Å². The number of rotatable bonds is 4. The average Bonchev–Trinajstić information content (AvgIpc) is 3.05. The largest absolute Gasteiger partial charge is 0.351 e. The van der Waals surface area contributed by atoms with Gasteiger partial charge in [0.05, 0.1) is 0 Å². The van der Waals surface area contributed by atoms with Gasteiger partial charge in [0.1, 0.15) is 0 Å². The maximum Gasteiger partial charge on any atom is 0.251 e. The predicted molar refractivity (Wildman–Crippen MR) is 69.0 cm³/mol. The summed E-state index contributed by atoms with van der Waals surface area (Å²) in [5, 5.41) is 2.99. The van der Waals surface area contributed by atoms with E-state index in [0.717, 1.165) is 29.5 Å². The summed E-state index contributed by atoms with van der Waals surface area (Å²) in [5.41, 5.74) is 8.87. The van der Waals surface area contributed by atoms with Gasteiger partial charge < -0.3 is 11.1 Å². The number of hydrogen-bond donors (Lipinski definition) is 2. The molecule has 1 aliphatic carbocycles. The van der Waals surface area contributed by atoms with Crippen LogP contribution >= 0.6 is 0 Å². The van der Waals surface area contributed by atoms with E-state index in [-0.39, 0.29) is 11.3 Å². The Bertz CT molecular complexity index is 416. The molecule has 3 heteroatoms. The first-order valence-corrected chi connectivity index (χ1v) is 6.11. The summed E-state index contributed by atoms with van der Waals surface area (Å²) in [7, 11) is 0. The molecule has 0 aromatic heterocycles. The molecule has 0 saturated heterocycles. The fraction of sp³-hybridized carbons (Fsp3) is 0.500. The van der Waals surface area contributed by atoms with E-state index in [1.807, 2.05) is 26.0 Å². The Hall–Kier alpha value is -1.35. The summed E-state index contributed by atoms with van der Waals surface area (Å²) in [6.07, 6.45) is 2.27. The fourth-order valence-corrected chi connectivity index (χ4v) is 2.11. The van der Waals surface area contributed by atoms with Crippen LogP contribution in [0.1, 0.15) is 34.3 Å². The fourth-order valence-electron chi connectivity index (χ4n) is 2.11. The molecule has 0 radical (unpaired) electrons. The van der Waals surface area contributed by atoms with Crippen LogP contribution in [0.3, 0.4) is 0 Å². The second kappa shape index (κ2) is 4.49. The summed E-state index contributed by atoms with van der Waals surface area (Å²) in [5.74, 6) is 0.0107. The minimum absolute atomic E-state index is 0.0107. The van der Waals surface area contributed by atoms with Crippen molar-refractivity contribution in [1.82, 2.24) is 5.32 Å². The van der Waals surface area contributed by atoms with Crippen molar-refractivity contribution >= 4 is 5.91 Å². The first-order chi connectivity index (χ1) is 8.04. The minimum Gasteiger partial charge on any atom is -0.351 e. The predicted octanol–water partition coefficient (Wildman–Crippen LogP) is 1.77. The van der Waals surface area contributed by atoms with Crippen LogP contribution in [0.2, 0.25) is 0 Å². The standard InChI is InChI=1S/C14H20N2O/c1-10-5-11(2)7-12(6-10)13(17)16-9-14(8-15)3-4-14/h5-7H,3-4,8-9,15H2,1-2H3,(H,16,17). The van der Waals surface area contributed by atoms with Crippen LogP contribution in [0, 0.1) is 19.3 Å². The molecule has 1 aromatic rings. The number of nitrogens with one attached hydrogen (secondary N) is 1. The maximum atomic E-state index is 12.0. The first kappa shape index (κ1) is 12.1. The number of carbonyl (C=O) groups excluding carboxylic acids is 1. The van der Waals surface area contributed by atoms with E-state index in [9.17, 15) is 4.79 Å². The van der Waals surface area contributed by atoms with Crippen LogP contribution in [-0.2, 0) is 0 Å². The lowest BCUT2D eigenvalue weighted by atomic mass is 10.1. The molecule has 2 rings (SSSR count). The van der Waals surface area contributed by atoms with E-state index in [4.69, 9.17) is 5.73 Å². The molecule has 3 N–H and O–H groups in total. The molecule has 1 amide bonds. The van der Waals surface area contributed by atoms with Gasteiger partial charge in [-0.05, 0) is 45.4 Å². The van der Waals surface area contributed by atoms with E-state index >= 15 is 0 Å². The number of benzene rings is 1. The number of carbonyl (C=O) groups is 1. The van der Waals surface area contributed by atoms with Crippen molar-refractivity contribution in [3.05, 3.63) is 34.9 Å². The zero-order chi connectivity index (χ0) is 12.5. The molecule has 0 spiro atoms. The van der Waals surface area contributed by atoms with Crippen LogP contribution in [0.5, 0.6) is 0 Å². The van der Waals surface area contributed by atoms with Crippen molar-refractivity contribution < 1.29 is 4.79 Å². The Balaban J connectivity index is 1.99. The van der Waals surface area contributed by atoms with Crippen LogP contribution in [0.4, 0.5) is 0 Å². The Labute approximate surface area is 102 Å². The molecule has 1 fully saturated rings. The molecule has 17 heavy (non-hydrogen) atoms. The Morgan fingerprint density at radius 1 is 1.29 bits per heavy atom. The lowest BCUT2D eigenvalue weighted by molar-refractivity contribution is 0.0945. The SMILES string of the molecule is Cc1cc(C)cc(C(=O)NCC2(CN)CC2)c1. The summed E-state index contributed by atoms with van der Waals surface area (Å²) in [6.45, 7) is 5.38. The van der Waals surface area contributed by atoms with Crippen molar-refractivity contribution in [2.45, 2.75) is 26.7 Å². The molecular weight excluding hydrogens is 212 g/mol. The first-order valence-electron chi connectivity index (χ1n) is 6.11. The summed E-state index contributed by atoms with van der Waals surface area (Å²) >= 11 is 0. The number of nitrogens with two attached hydrogens (primary N) is 1. The van der Waals surface area contributed by atoms with Gasteiger partial charge in [0, 0.05) is 17.5 Å². The molecule has 0 atom stereocenters. The third kappa shape index (κ3) is 2.86. The van der Waals surface area contributed by atoms with Crippen molar-refractivity contribution in [3.8, 4) is 0 Å². The van der Waals surface area contributed by atoms with Crippen molar-refractivity contribution in [3.63, 3.8) is 0 Å². The molecular formula is C14H20N2O. The van der Waals surface area contributed by atoms with Crippen molar-refractivity contribution in [2.24, 2.45) is 11.1 Å². The third-order valence-electron chi connectivity index (χ3n) is 3.50. The highest BCUT2D eigenvalue weighted by Gasteiger charge is 2.41. The van der Waals surface area contributed by atoms with Gasteiger partial charge in [-0.1, -0.05) is 17.2 Å². The highest BCUT2D eigenvalue weighted by atomic mass is 16.1. The monoisotopic (exact) mass is 232 g/mol. The molecule has 0 bridgehead atoms. The average molecular weight is 232 g/mol. The van der Waals surface area contributed by atoms with Gasteiger partial charge in [0.25, 0.3) is 5.91 Å². The van der Waals surface area contributed by atoms with Crippen molar-refractivity contribution in [2.75, 3.05) is 13.1 Å². The number of amides is 1. The van der Waals surface area contributed by atoms with E-state index in [1.54, 1.807) is 0 Å². The quantitative estimate of drug-likeness (QED) is 0.831. The maximum absolute atomic E-state index is 12.0.